The monoisotopic (exact) mass is 491 g/mol. The quantitative estimate of drug-likeness (QED) is 0.437. The molecule has 0 bridgehead atoms. The number of carbonyl (C=O) groups is 1. The van der Waals surface area contributed by atoms with Crippen molar-refractivity contribution in [3.63, 3.8) is 0 Å². The van der Waals surface area contributed by atoms with E-state index in [2.05, 4.69) is 21.8 Å². The summed E-state index contributed by atoms with van der Waals surface area (Å²) in [6, 6.07) is 4.77. The Morgan fingerprint density at radius 3 is 2.85 bits per heavy atom. The van der Waals surface area contributed by atoms with Crippen LogP contribution in [-0.2, 0) is 12.8 Å². The molecular weight excluding hydrogens is 471 g/mol. The zero-order valence-electron chi connectivity index (χ0n) is 17.4. The van der Waals surface area contributed by atoms with E-state index in [-0.39, 0.29) is 17.9 Å². The fraction of sp³-hybridized carbons (Fsp3) is 0.409. The zero-order valence-corrected chi connectivity index (χ0v) is 19.0. The summed E-state index contributed by atoms with van der Waals surface area (Å²) in [5, 5.41) is 21.8. The predicted octanol–water partition coefficient (Wildman–Crippen LogP) is 6.06. The van der Waals surface area contributed by atoms with Crippen molar-refractivity contribution in [2.24, 2.45) is 0 Å². The average molecular weight is 492 g/mol. The van der Waals surface area contributed by atoms with Gasteiger partial charge in [-0.15, -0.1) is 22.7 Å². The van der Waals surface area contributed by atoms with Gasteiger partial charge in [0.15, 0.2) is 11.7 Å². The fourth-order valence-electron chi connectivity index (χ4n) is 4.48. The van der Waals surface area contributed by atoms with Gasteiger partial charge in [0.1, 0.15) is 16.9 Å². The van der Waals surface area contributed by atoms with Crippen molar-refractivity contribution in [3.05, 3.63) is 50.2 Å². The first-order valence-electron chi connectivity index (χ1n) is 10.7. The smallest absolute Gasteiger partial charge is 0.363 e. The summed E-state index contributed by atoms with van der Waals surface area (Å²) < 4.78 is 42.4. The van der Waals surface area contributed by atoms with Gasteiger partial charge in [-0.2, -0.15) is 23.5 Å². The van der Waals surface area contributed by atoms with Crippen LogP contribution in [0, 0.1) is 11.3 Å². The number of nitrogens with zero attached hydrogens (tertiary/aromatic N) is 3. The number of rotatable bonds is 3. The van der Waals surface area contributed by atoms with E-state index in [0.29, 0.717) is 10.6 Å². The van der Waals surface area contributed by atoms with Crippen LogP contribution in [0.4, 0.5) is 24.0 Å². The molecule has 3 aromatic heterocycles. The summed E-state index contributed by atoms with van der Waals surface area (Å²) >= 11 is 2.76. The van der Waals surface area contributed by atoms with Crippen molar-refractivity contribution in [1.29, 1.82) is 5.26 Å². The van der Waals surface area contributed by atoms with Gasteiger partial charge in [0.2, 0.25) is 0 Å². The molecule has 1 amide bonds. The van der Waals surface area contributed by atoms with Crippen LogP contribution in [0.1, 0.15) is 69.1 Å². The first kappa shape index (κ1) is 22.0. The van der Waals surface area contributed by atoms with Gasteiger partial charge < -0.3 is 10.6 Å². The van der Waals surface area contributed by atoms with Crippen LogP contribution >= 0.6 is 22.7 Å². The molecule has 2 N–H and O–H groups in total. The Bertz CT molecular complexity index is 1220. The molecule has 0 aromatic carbocycles. The summed E-state index contributed by atoms with van der Waals surface area (Å²) in [5.74, 6) is -0.477. The van der Waals surface area contributed by atoms with Gasteiger partial charge in [0.25, 0.3) is 5.91 Å². The molecule has 4 heterocycles. The van der Waals surface area contributed by atoms with Crippen LogP contribution < -0.4 is 10.6 Å². The van der Waals surface area contributed by atoms with Crippen LogP contribution in [0.3, 0.4) is 0 Å². The molecule has 33 heavy (non-hydrogen) atoms. The normalized spacial score (nSPS) is 20.2. The van der Waals surface area contributed by atoms with Crippen LogP contribution in [0.15, 0.2) is 23.6 Å². The van der Waals surface area contributed by atoms with Gasteiger partial charge in [-0.25, -0.2) is 4.68 Å². The number of amides is 1. The summed E-state index contributed by atoms with van der Waals surface area (Å²) in [7, 11) is 0. The maximum Gasteiger partial charge on any atom is 0.410 e. The van der Waals surface area contributed by atoms with Crippen molar-refractivity contribution in [2.75, 3.05) is 10.6 Å². The average Bonchev–Trinajstić information content (AvgIpc) is 3.48. The SMILES string of the molecule is N#Cc1c(NC(=O)c2cc3n(n2)[C@H](C(F)(F)F)C[C@@H](c2cccs2)N3)sc2c1CCCCC2. The van der Waals surface area contributed by atoms with E-state index in [9.17, 15) is 23.2 Å². The molecule has 0 unspecified atom stereocenters. The molecule has 0 spiro atoms. The van der Waals surface area contributed by atoms with Gasteiger partial charge in [-0.1, -0.05) is 12.5 Å². The molecule has 3 aromatic rings. The molecule has 0 radical (unpaired) electrons. The van der Waals surface area contributed by atoms with Gasteiger partial charge in [0.05, 0.1) is 11.6 Å². The Labute approximate surface area is 196 Å². The Kier molecular flexibility index (Phi) is 5.66. The summed E-state index contributed by atoms with van der Waals surface area (Å²) in [4.78, 5) is 14.8. The van der Waals surface area contributed by atoms with Gasteiger partial charge in [0, 0.05) is 22.2 Å². The summed E-state index contributed by atoms with van der Waals surface area (Å²) in [6.45, 7) is 0. The van der Waals surface area contributed by atoms with Crippen LogP contribution in [0.25, 0.3) is 0 Å². The lowest BCUT2D eigenvalue weighted by atomic mass is 10.0. The van der Waals surface area contributed by atoms with E-state index in [1.54, 1.807) is 12.1 Å². The van der Waals surface area contributed by atoms with Crippen molar-refractivity contribution in [3.8, 4) is 6.07 Å². The molecule has 0 fully saturated rings. The van der Waals surface area contributed by atoms with Gasteiger partial charge >= 0.3 is 6.18 Å². The molecule has 5 rings (SSSR count). The maximum atomic E-state index is 13.8. The Hall–Kier alpha value is -2.84. The highest BCUT2D eigenvalue weighted by Crippen LogP contribution is 2.44. The number of thiophene rings is 2. The van der Waals surface area contributed by atoms with Crippen LogP contribution in [0.5, 0.6) is 0 Å². The lowest BCUT2D eigenvalue weighted by Gasteiger charge is -2.32. The van der Waals surface area contributed by atoms with E-state index < -0.39 is 24.2 Å². The standard InChI is InChI=1S/C22H20F3N5OS2/c23-22(24,25)18-9-14(17-7-4-8-32-17)27-19-10-15(29-30(18)19)20(31)28-21-13(11-26)12-5-2-1-3-6-16(12)33-21/h4,7-8,10,14,18,27H,1-3,5-6,9H2,(H,28,31)/t14-,18-/m0/s1. The first-order valence-corrected chi connectivity index (χ1v) is 12.4. The number of fused-ring (bicyclic) bond motifs is 2. The molecule has 172 valence electrons. The Balaban J connectivity index is 1.44. The lowest BCUT2D eigenvalue weighted by molar-refractivity contribution is -0.173. The van der Waals surface area contributed by atoms with E-state index >= 15 is 0 Å². The number of nitriles is 1. The second-order valence-corrected chi connectivity index (χ2v) is 10.3. The molecule has 2 atom stereocenters. The van der Waals surface area contributed by atoms with Crippen molar-refractivity contribution in [1.82, 2.24) is 9.78 Å². The van der Waals surface area contributed by atoms with Crippen LogP contribution in [-0.4, -0.2) is 21.9 Å². The topological polar surface area (TPSA) is 82.7 Å². The number of anilines is 2. The molecule has 0 saturated carbocycles. The van der Waals surface area contributed by atoms with E-state index in [1.807, 2.05) is 5.38 Å². The second kappa shape index (κ2) is 8.50. The van der Waals surface area contributed by atoms with Crippen molar-refractivity contribution < 1.29 is 18.0 Å². The highest BCUT2D eigenvalue weighted by Gasteiger charge is 2.47. The minimum absolute atomic E-state index is 0.119. The highest BCUT2D eigenvalue weighted by atomic mass is 32.1. The Morgan fingerprint density at radius 2 is 2.12 bits per heavy atom. The minimum atomic E-state index is -4.51. The number of hydrogen-bond acceptors (Lipinski definition) is 6. The van der Waals surface area contributed by atoms with Gasteiger partial charge in [-0.05, 0) is 42.7 Å². The van der Waals surface area contributed by atoms with E-state index in [1.165, 1.54) is 28.7 Å². The van der Waals surface area contributed by atoms with Crippen LogP contribution in [0.2, 0.25) is 0 Å². The summed E-state index contributed by atoms with van der Waals surface area (Å²) in [5.41, 5.74) is 1.32. The minimum Gasteiger partial charge on any atom is -0.363 e. The van der Waals surface area contributed by atoms with E-state index in [0.717, 1.165) is 52.1 Å². The first-order chi connectivity index (χ1) is 15.8. The lowest BCUT2D eigenvalue weighted by Crippen LogP contribution is -2.35. The molecule has 0 saturated heterocycles. The number of aromatic nitrogens is 2. The van der Waals surface area contributed by atoms with E-state index in [4.69, 9.17) is 0 Å². The zero-order chi connectivity index (χ0) is 23.2. The number of carbonyl (C=O) groups excluding carboxylic acids is 1. The molecule has 11 heteroatoms. The number of hydrogen-bond donors (Lipinski definition) is 2. The molecule has 1 aliphatic carbocycles. The van der Waals surface area contributed by atoms with Crippen molar-refractivity contribution >= 4 is 39.4 Å². The molecule has 2 aliphatic rings. The molecule has 1 aliphatic heterocycles. The highest BCUT2D eigenvalue weighted by molar-refractivity contribution is 7.16. The number of halogens is 3. The third-order valence-corrected chi connectivity index (χ3v) is 8.26. The molecule has 6 nitrogen and oxygen atoms in total. The number of nitrogens with one attached hydrogen (secondary N) is 2. The Morgan fingerprint density at radius 1 is 1.30 bits per heavy atom. The number of aryl methyl sites for hydroxylation is 1. The fourth-order valence-corrected chi connectivity index (χ4v) is 6.50. The van der Waals surface area contributed by atoms with Gasteiger partial charge in [-0.3, -0.25) is 4.79 Å². The third-order valence-electron chi connectivity index (χ3n) is 6.07. The third kappa shape index (κ3) is 4.13. The second-order valence-electron chi connectivity index (χ2n) is 8.20. The number of alkyl halides is 3. The summed E-state index contributed by atoms with van der Waals surface area (Å²) in [6.07, 6.45) is 0.0790. The predicted molar refractivity (Wildman–Crippen MR) is 121 cm³/mol. The molecular formula is C22H20F3N5OS2. The van der Waals surface area contributed by atoms with Crippen molar-refractivity contribution in [2.45, 2.75) is 56.8 Å². The maximum absolute atomic E-state index is 13.8. The largest absolute Gasteiger partial charge is 0.410 e.